The molecule has 0 amide bonds. The van der Waals surface area contributed by atoms with Gasteiger partial charge in [0.1, 0.15) is 27.9 Å². The predicted octanol–water partition coefficient (Wildman–Crippen LogP) is 4.90. The molecule has 1 aromatic heterocycles. The smallest absolute Gasteiger partial charge is 0.190 e. The Balaban J connectivity index is 1.49. The summed E-state index contributed by atoms with van der Waals surface area (Å²) >= 11 is -0.576. The largest absolute Gasteiger partial charge is 0.495 e. The Morgan fingerprint density at radius 1 is 1.34 bits per heavy atom. The van der Waals surface area contributed by atoms with Crippen molar-refractivity contribution in [3.8, 4) is 11.8 Å². The van der Waals surface area contributed by atoms with E-state index in [0.717, 1.165) is 36.6 Å². The van der Waals surface area contributed by atoms with Crippen LogP contribution in [0.2, 0.25) is 0 Å². The third-order valence-electron chi connectivity index (χ3n) is 7.35. The van der Waals surface area contributed by atoms with Gasteiger partial charge in [0.25, 0.3) is 0 Å². The van der Waals surface area contributed by atoms with Crippen molar-refractivity contribution in [2.75, 3.05) is 19.0 Å². The second-order valence-corrected chi connectivity index (χ2v) is 12.3. The van der Waals surface area contributed by atoms with Gasteiger partial charge in [-0.1, -0.05) is 25.3 Å². The van der Waals surface area contributed by atoms with Crippen LogP contribution in [0.5, 0.6) is 5.75 Å². The van der Waals surface area contributed by atoms with E-state index < -0.39 is 17.3 Å². The van der Waals surface area contributed by atoms with Gasteiger partial charge in [-0.15, -0.1) is 11.3 Å². The minimum absolute atomic E-state index is 0.0308. The van der Waals surface area contributed by atoms with Crippen molar-refractivity contribution in [1.82, 2.24) is 4.90 Å². The number of nitriles is 1. The van der Waals surface area contributed by atoms with Gasteiger partial charge >= 0.3 is 0 Å². The quantitative estimate of drug-likeness (QED) is 0.338. The molecule has 1 aliphatic carbocycles. The molecule has 7 nitrogen and oxygen atoms in total. The highest BCUT2D eigenvalue weighted by atomic mass is 32.2. The highest BCUT2D eigenvalue weighted by Crippen LogP contribution is 2.42. The molecule has 0 spiro atoms. The van der Waals surface area contributed by atoms with Crippen molar-refractivity contribution in [1.29, 1.82) is 5.26 Å². The van der Waals surface area contributed by atoms with Gasteiger partial charge in [-0.3, -0.25) is 4.90 Å². The summed E-state index contributed by atoms with van der Waals surface area (Å²) in [7, 11) is 1.44. The zero-order valence-electron chi connectivity index (χ0n) is 20.7. The summed E-state index contributed by atoms with van der Waals surface area (Å²) in [6.07, 6.45) is 6.84. The van der Waals surface area contributed by atoms with Crippen molar-refractivity contribution in [3.05, 3.63) is 39.8 Å². The first kappa shape index (κ1) is 26.1. The average molecular weight is 518 g/mol. The van der Waals surface area contributed by atoms with Crippen molar-refractivity contribution >= 4 is 27.4 Å². The van der Waals surface area contributed by atoms with E-state index in [1.807, 2.05) is 0 Å². The Morgan fingerprint density at radius 3 is 2.74 bits per heavy atom. The molecule has 3 N–H and O–H groups in total. The molecule has 1 aliphatic heterocycles. The van der Waals surface area contributed by atoms with E-state index in [4.69, 9.17) is 4.74 Å². The molecule has 2 aromatic rings. The minimum Gasteiger partial charge on any atom is -0.495 e. The van der Waals surface area contributed by atoms with Crippen LogP contribution < -0.4 is 10.1 Å². The maximum absolute atomic E-state index is 11.4. The lowest BCUT2D eigenvalue weighted by molar-refractivity contribution is 0.0706. The number of thiophene rings is 1. The first-order chi connectivity index (χ1) is 16.7. The first-order valence-electron chi connectivity index (χ1n) is 12.2. The van der Waals surface area contributed by atoms with E-state index in [2.05, 4.69) is 30.1 Å². The number of nitrogens with zero attached hydrogens (tertiary/aromatic N) is 2. The first-order valence-corrected chi connectivity index (χ1v) is 14.2. The topological polar surface area (TPSA) is 106 Å². The molecule has 0 saturated heterocycles. The van der Waals surface area contributed by atoms with E-state index in [1.165, 1.54) is 50.2 Å². The molecule has 2 aliphatic rings. The number of hydrogen-bond donors (Lipinski definition) is 3. The molecular formula is C26H35N3O4S2. The van der Waals surface area contributed by atoms with Crippen LogP contribution in [0.15, 0.2) is 23.1 Å². The molecule has 2 unspecified atom stereocenters. The molecule has 1 saturated carbocycles. The fraction of sp³-hybridized carbons (Fsp3) is 0.577. The molecule has 2 heterocycles. The van der Waals surface area contributed by atoms with Crippen molar-refractivity contribution in [3.63, 3.8) is 0 Å². The Hall–Kier alpha value is -1.96. The third kappa shape index (κ3) is 5.89. The number of aliphatic hydroxyl groups is 1. The Bertz CT molecular complexity index is 1120. The summed E-state index contributed by atoms with van der Waals surface area (Å²) in [5, 5.41) is 24.6. The summed E-state index contributed by atoms with van der Waals surface area (Å²) in [4.78, 5) is 3.97. The van der Waals surface area contributed by atoms with Crippen LogP contribution in [0.4, 0.5) is 5.00 Å². The van der Waals surface area contributed by atoms with Crippen LogP contribution in [0, 0.1) is 17.2 Å². The molecule has 0 radical (unpaired) electrons. The number of fused-ring (bicyclic) bond motifs is 1. The van der Waals surface area contributed by atoms with Crippen LogP contribution in [0.25, 0.3) is 0 Å². The van der Waals surface area contributed by atoms with Crippen molar-refractivity contribution in [2.24, 2.45) is 5.92 Å². The summed E-state index contributed by atoms with van der Waals surface area (Å²) in [6.45, 7) is 6.44. The highest BCUT2D eigenvalue weighted by molar-refractivity contribution is 7.79. The van der Waals surface area contributed by atoms with E-state index in [9.17, 15) is 19.1 Å². The molecule has 190 valence electrons. The average Bonchev–Trinajstić information content (AvgIpc) is 3.13. The Kier molecular flexibility index (Phi) is 8.19. The summed E-state index contributed by atoms with van der Waals surface area (Å²) in [5.74, 6) is 1.04. The lowest BCUT2D eigenvalue weighted by Gasteiger charge is -2.44. The molecule has 1 aromatic carbocycles. The van der Waals surface area contributed by atoms with Crippen LogP contribution in [0.1, 0.15) is 67.5 Å². The number of nitrogens with one attached hydrogen (secondary N) is 1. The lowest BCUT2D eigenvalue weighted by Crippen LogP contribution is -2.50. The number of benzene rings is 1. The maximum Gasteiger partial charge on any atom is 0.190 e. The van der Waals surface area contributed by atoms with Gasteiger partial charge in [0.05, 0.1) is 12.7 Å². The Labute approximate surface area is 214 Å². The number of rotatable bonds is 8. The van der Waals surface area contributed by atoms with Gasteiger partial charge in [0.15, 0.2) is 11.1 Å². The number of ether oxygens (including phenoxy) is 1. The van der Waals surface area contributed by atoms with E-state index >= 15 is 0 Å². The normalized spacial score (nSPS) is 20.0. The summed E-state index contributed by atoms with van der Waals surface area (Å²) < 4.78 is 26.0. The summed E-state index contributed by atoms with van der Waals surface area (Å²) in [6, 6.07) is 7.28. The second-order valence-electron chi connectivity index (χ2n) is 10.3. The van der Waals surface area contributed by atoms with Gasteiger partial charge in [-0.2, -0.15) is 5.26 Å². The van der Waals surface area contributed by atoms with E-state index in [-0.39, 0.29) is 16.9 Å². The van der Waals surface area contributed by atoms with Crippen LogP contribution in [-0.4, -0.2) is 44.2 Å². The van der Waals surface area contributed by atoms with E-state index in [1.54, 1.807) is 23.5 Å². The van der Waals surface area contributed by atoms with E-state index in [0.29, 0.717) is 16.3 Å². The second kappa shape index (κ2) is 11.0. The molecule has 1 fully saturated rings. The van der Waals surface area contributed by atoms with Crippen LogP contribution in [-0.2, 0) is 30.5 Å². The zero-order valence-corrected chi connectivity index (χ0v) is 22.3. The van der Waals surface area contributed by atoms with Crippen molar-refractivity contribution in [2.45, 2.75) is 82.0 Å². The monoisotopic (exact) mass is 517 g/mol. The number of aliphatic hydroxyl groups excluding tert-OH is 1. The minimum atomic E-state index is -2.15. The standard InChI is InChI=1S/C26H35N3O4S2/c1-26(2)13-22-20(16-29(26)15-17-7-5-4-6-8-17)19(14-27)25(34-22)28-24(30)12-18-9-10-23(35(31)32)21(11-18)33-3/h9-11,17,24,28,30H,4-8,12-13,15-16H2,1-3H3,(H,31,32). The zero-order chi connectivity index (χ0) is 25.2. The molecule has 35 heavy (non-hydrogen) atoms. The van der Waals surface area contributed by atoms with Gasteiger partial charge in [0, 0.05) is 41.9 Å². The molecule has 2 atom stereocenters. The number of hydrogen-bond acceptors (Lipinski definition) is 7. The van der Waals surface area contributed by atoms with Gasteiger partial charge in [0.2, 0.25) is 0 Å². The van der Waals surface area contributed by atoms with Gasteiger partial charge in [-0.05, 0) is 50.3 Å². The summed E-state index contributed by atoms with van der Waals surface area (Å²) in [5.41, 5.74) is 2.52. The molecule has 9 heteroatoms. The van der Waals surface area contributed by atoms with Crippen LogP contribution >= 0.6 is 11.3 Å². The Morgan fingerprint density at radius 2 is 2.09 bits per heavy atom. The lowest BCUT2D eigenvalue weighted by atomic mass is 9.84. The molecule has 0 bridgehead atoms. The van der Waals surface area contributed by atoms with Gasteiger partial charge < -0.3 is 19.7 Å². The van der Waals surface area contributed by atoms with Crippen molar-refractivity contribution < 1.29 is 18.6 Å². The maximum atomic E-state index is 11.4. The third-order valence-corrected chi connectivity index (χ3v) is 9.22. The molecule has 4 rings (SSSR count). The predicted molar refractivity (Wildman–Crippen MR) is 139 cm³/mol. The SMILES string of the molecule is COc1cc(CC(O)Nc2sc3c(c2C#N)CN(CC2CCCCC2)C(C)(C)C3)ccc1S(=O)O. The van der Waals surface area contributed by atoms with Gasteiger partial charge in [-0.25, -0.2) is 4.21 Å². The number of anilines is 1. The van der Waals surface area contributed by atoms with Crippen LogP contribution in [0.3, 0.4) is 0 Å². The number of methoxy groups -OCH3 is 1. The fourth-order valence-electron chi connectivity index (χ4n) is 5.35. The highest BCUT2D eigenvalue weighted by Gasteiger charge is 2.37. The molecular weight excluding hydrogens is 482 g/mol. The fourth-order valence-corrected chi connectivity index (χ4v) is 7.28.